The Kier molecular flexibility index (Phi) is 2.90. The number of carbonyl (C=O) groups excluding carboxylic acids is 1. The molecule has 4 heteroatoms. The molecular formula is C14H23NO3. The largest absolute Gasteiger partial charge is 0.465 e. The minimum absolute atomic E-state index is 0.00834. The van der Waals surface area contributed by atoms with Gasteiger partial charge in [0.25, 0.3) is 0 Å². The zero-order valence-electron chi connectivity index (χ0n) is 11.1. The van der Waals surface area contributed by atoms with E-state index in [1.54, 1.807) is 0 Å². The van der Waals surface area contributed by atoms with Gasteiger partial charge in [-0.25, -0.2) is 0 Å². The van der Waals surface area contributed by atoms with Crippen LogP contribution in [0.2, 0.25) is 0 Å². The number of hydrogen-bond acceptors (Lipinski definition) is 4. The third-order valence-electron chi connectivity index (χ3n) is 4.94. The number of esters is 1. The second-order valence-corrected chi connectivity index (χ2v) is 6.62. The Balaban J connectivity index is 1.66. The van der Waals surface area contributed by atoms with E-state index in [9.17, 15) is 9.90 Å². The molecule has 18 heavy (non-hydrogen) atoms. The van der Waals surface area contributed by atoms with E-state index in [1.807, 2.05) is 6.92 Å². The van der Waals surface area contributed by atoms with Crippen molar-refractivity contribution in [2.45, 2.75) is 56.6 Å². The molecule has 0 amide bonds. The summed E-state index contributed by atoms with van der Waals surface area (Å²) in [6, 6.07) is 0. The molecule has 2 N–H and O–H groups in total. The summed E-state index contributed by atoms with van der Waals surface area (Å²) in [5.41, 5.74) is -0.475. The lowest BCUT2D eigenvalue weighted by molar-refractivity contribution is -0.152. The summed E-state index contributed by atoms with van der Waals surface area (Å²) in [5, 5.41) is 14.0. The van der Waals surface area contributed by atoms with Crippen LogP contribution in [0.4, 0.5) is 0 Å². The molecule has 0 spiro atoms. The Morgan fingerprint density at radius 2 is 2.00 bits per heavy atom. The number of aliphatic hydroxyl groups is 1. The van der Waals surface area contributed by atoms with Crippen molar-refractivity contribution in [2.75, 3.05) is 13.2 Å². The van der Waals surface area contributed by atoms with Crippen molar-refractivity contribution in [3.63, 3.8) is 0 Å². The molecule has 102 valence electrons. The Morgan fingerprint density at radius 3 is 2.56 bits per heavy atom. The van der Waals surface area contributed by atoms with Crippen LogP contribution in [0.3, 0.4) is 0 Å². The second-order valence-electron chi connectivity index (χ2n) is 6.62. The SMILES string of the molecule is CCOC(=O)CNC12CC3CC(CC(O)(C3)C1)C2. The van der Waals surface area contributed by atoms with Gasteiger partial charge in [0.15, 0.2) is 0 Å². The van der Waals surface area contributed by atoms with Crippen LogP contribution in [0.1, 0.15) is 45.4 Å². The van der Waals surface area contributed by atoms with Gasteiger partial charge in [0.05, 0.1) is 18.8 Å². The Hall–Kier alpha value is -0.610. The average Bonchev–Trinajstić information content (AvgIpc) is 2.23. The van der Waals surface area contributed by atoms with Crippen LogP contribution in [-0.2, 0) is 9.53 Å². The maximum absolute atomic E-state index is 11.5. The van der Waals surface area contributed by atoms with E-state index in [0.717, 1.165) is 32.1 Å². The van der Waals surface area contributed by atoms with E-state index >= 15 is 0 Å². The molecule has 0 aromatic rings. The van der Waals surface area contributed by atoms with Crippen molar-refractivity contribution in [2.24, 2.45) is 11.8 Å². The van der Waals surface area contributed by atoms with Gasteiger partial charge in [0.1, 0.15) is 0 Å². The van der Waals surface area contributed by atoms with Crippen LogP contribution in [0, 0.1) is 11.8 Å². The van der Waals surface area contributed by atoms with E-state index in [4.69, 9.17) is 4.74 Å². The standard InChI is InChI=1S/C14H23NO3/c1-2-18-12(16)8-15-13-4-10-3-11(5-13)7-14(17,6-10)9-13/h10-11,15,17H,2-9H2,1H3. The van der Waals surface area contributed by atoms with Gasteiger partial charge in [-0.1, -0.05) is 0 Å². The maximum Gasteiger partial charge on any atom is 0.319 e. The van der Waals surface area contributed by atoms with Crippen LogP contribution < -0.4 is 5.32 Å². The molecule has 4 nitrogen and oxygen atoms in total. The second kappa shape index (κ2) is 4.20. The van der Waals surface area contributed by atoms with E-state index in [1.165, 1.54) is 6.42 Å². The van der Waals surface area contributed by atoms with Crippen molar-refractivity contribution in [1.29, 1.82) is 0 Å². The third-order valence-corrected chi connectivity index (χ3v) is 4.94. The highest BCUT2D eigenvalue weighted by atomic mass is 16.5. The predicted octanol–water partition coefficient (Wildman–Crippen LogP) is 1.22. The Morgan fingerprint density at radius 1 is 1.33 bits per heavy atom. The van der Waals surface area contributed by atoms with Gasteiger partial charge in [-0.2, -0.15) is 0 Å². The van der Waals surface area contributed by atoms with Crippen molar-refractivity contribution >= 4 is 5.97 Å². The molecular weight excluding hydrogens is 230 g/mol. The van der Waals surface area contributed by atoms with Crippen LogP contribution in [-0.4, -0.2) is 35.4 Å². The summed E-state index contributed by atoms with van der Waals surface area (Å²) in [5.74, 6) is 1.11. The number of ether oxygens (including phenoxy) is 1. The fraction of sp³-hybridized carbons (Fsp3) is 0.929. The van der Waals surface area contributed by atoms with Crippen molar-refractivity contribution < 1.29 is 14.6 Å². The average molecular weight is 253 g/mol. The molecule has 0 radical (unpaired) electrons. The smallest absolute Gasteiger partial charge is 0.319 e. The molecule has 2 unspecified atom stereocenters. The summed E-state index contributed by atoms with van der Waals surface area (Å²) in [7, 11) is 0. The van der Waals surface area contributed by atoms with Crippen LogP contribution in [0.25, 0.3) is 0 Å². The molecule has 4 fully saturated rings. The molecule has 0 heterocycles. The minimum Gasteiger partial charge on any atom is -0.465 e. The van der Waals surface area contributed by atoms with E-state index < -0.39 is 5.60 Å². The Bertz CT molecular complexity index is 341. The normalized spacial score (nSPS) is 45.2. The van der Waals surface area contributed by atoms with Gasteiger partial charge in [-0.15, -0.1) is 0 Å². The molecule has 0 aliphatic heterocycles. The van der Waals surface area contributed by atoms with Crippen LogP contribution >= 0.6 is 0 Å². The quantitative estimate of drug-likeness (QED) is 0.740. The van der Waals surface area contributed by atoms with Gasteiger partial charge in [-0.3, -0.25) is 4.79 Å². The lowest BCUT2D eigenvalue weighted by atomic mass is 9.51. The summed E-state index contributed by atoms with van der Waals surface area (Å²) < 4.78 is 4.97. The lowest BCUT2D eigenvalue weighted by Crippen LogP contribution is -2.65. The number of nitrogens with one attached hydrogen (secondary N) is 1. The van der Waals surface area contributed by atoms with E-state index in [-0.39, 0.29) is 18.1 Å². The van der Waals surface area contributed by atoms with Gasteiger partial charge in [-0.05, 0) is 57.3 Å². The van der Waals surface area contributed by atoms with E-state index in [2.05, 4.69) is 5.32 Å². The van der Waals surface area contributed by atoms with Crippen LogP contribution in [0.15, 0.2) is 0 Å². The van der Waals surface area contributed by atoms with Crippen molar-refractivity contribution in [3.05, 3.63) is 0 Å². The van der Waals surface area contributed by atoms with Gasteiger partial charge >= 0.3 is 5.97 Å². The fourth-order valence-electron chi connectivity index (χ4n) is 4.89. The first kappa shape index (κ1) is 12.4. The lowest BCUT2D eigenvalue weighted by Gasteiger charge is -2.60. The predicted molar refractivity (Wildman–Crippen MR) is 67.0 cm³/mol. The topological polar surface area (TPSA) is 58.6 Å². The first-order chi connectivity index (χ1) is 8.53. The minimum atomic E-state index is -0.467. The van der Waals surface area contributed by atoms with Crippen LogP contribution in [0.5, 0.6) is 0 Å². The number of carbonyl (C=O) groups is 1. The highest BCUT2D eigenvalue weighted by Gasteiger charge is 2.57. The first-order valence-corrected chi connectivity index (χ1v) is 7.16. The molecule has 4 saturated carbocycles. The van der Waals surface area contributed by atoms with E-state index in [0.29, 0.717) is 18.4 Å². The summed E-state index contributed by atoms with van der Waals surface area (Å²) in [6.45, 7) is 2.54. The number of rotatable bonds is 4. The highest BCUT2D eigenvalue weighted by molar-refractivity contribution is 5.71. The van der Waals surface area contributed by atoms with Gasteiger partial charge in [0, 0.05) is 5.54 Å². The first-order valence-electron chi connectivity index (χ1n) is 7.16. The molecule has 0 aromatic heterocycles. The summed E-state index contributed by atoms with van der Waals surface area (Å²) in [6.07, 6.45) is 6.24. The van der Waals surface area contributed by atoms with Crippen molar-refractivity contribution in [1.82, 2.24) is 5.32 Å². The molecule has 2 atom stereocenters. The summed E-state index contributed by atoms with van der Waals surface area (Å²) in [4.78, 5) is 11.5. The number of hydrogen-bond donors (Lipinski definition) is 2. The van der Waals surface area contributed by atoms with Crippen molar-refractivity contribution in [3.8, 4) is 0 Å². The molecule has 4 bridgehead atoms. The maximum atomic E-state index is 11.5. The zero-order valence-corrected chi connectivity index (χ0v) is 11.1. The van der Waals surface area contributed by atoms with Gasteiger partial charge < -0.3 is 15.2 Å². The molecule has 4 aliphatic carbocycles. The fourth-order valence-corrected chi connectivity index (χ4v) is 4.89. The molecule has 0 saturated heterocycles. The Labute approximate surface area is 108 Å². The zero-order chi connectivity index (χ0) is 12.8. The monoisotopic (exact) mass is 253 g/mol. The van der Waals surface area contributed by atoms with Gasteiger partial charge in [0.2, 0.25) is 0 Å². The third kappa shape index (κ3) is 2.16. The molecule has 4 aliphatic rings. The summed E-state index contributed by atoms with van der Waals surface area (Å²) >= 11 is 0. The molecule has 4 rings (SSSR count). The molecule has 0 aromatic carbocycles. The highest BCUT2D eigenvalue weighted by Crippen LogP contribution is 2.57.